The van der Waals surface area contributed by atoms with Crippen LogP contribution in [0.1, 0.15) is 16.8 Å². The van der Waals surface area contributed by atoms with E-state index in [4.69, 9.17) is 16.3 Å². The Balaban J connectivity index is 2.05. The van der Waals surface area contributed by atoms with Crippen molar-refractivity contribution < 1.29 is 19.0 Å². The van der Waals surface area contributed by atoms with Crippen LogP contribution < -0.4 is 0 Å². The first-order chi connectivity index (χ1) is 11.9. The number of carbonyl (C=O) groups is 1. The summed E-state index contributed by atoms with van der Waals surface area (Å²) in [6.45, 7) is 3.40. The lowest BCUT2D eigenvalue weighted by atomic mass is 9.89. The van der Waals surface area contributed by atoms with Crippen molar-refractivity contribution in [1.29, 1.82) is 0 Å². The number of halogens is 2. The van der Waals surface area contributed by atoms with E-state index in [2.05, 4.69) is 4.90 Å². The van der Waals surface area contributed by atoms with Gasteiger partial charge in [-0.2, -0.15) is 0 Å². The Morgan fingerprint density at radius 1 is 1.44 bits per heavy atom. The van der Waals surface area contributed by atoms with Gasteiger partial charge in [-0.05, 0) is 43.5 Å². The van der Waals surface area contributed by atoms with Gasteiger partial charge in [-0.25, -0.2) is 4.39 Å². The SMILES string of the molecule is COCCN(C)C[C@H]1C[C@H](CO)CN(C(=O)c2ccc(Cl)c(F)c2)C1. The second-order valence-electron chi connectivity index (χ2n) is 6.74. The molecule has 1 fully saturated rings. The molecule has 1 aliphatic heterocycles. The number of carbonyl (C=O) groups excluding carboxylic acids is 1. The molecule has 1 N–H and O–H groups in total. The fourth-order valence-electron chi connectivity index (χ4n) is 3.34. The maximum atomic E-state index is 13.7. The standard InChI is InChI=1S/C18H26ClFN2O3/c1-21(5-6-25-2)9-13-7-14(12-23)11-22(10-13)18(24)15-3-4-16(19)17(20)8-15/h3-4,8,13-14,23H,5-7,9-12H2,1-2H3/t13-,14+/m1/s1. The lowest BCUT2D eigenvalue weighted by Crippen LogP contribution is -2.47. The molecule has 1 aromatic carbocycles. The molecule has 1 aromatic rings. The predicted octanol–water partition coefficient (Wildman–Crippen LogP) is 2.13. The number of amides is 1. The monoisotopic (exact) mass is 372 g/mol. The number of piperidine rings is 1. The zero-order valence-electron chi connectivity index (χ0n) is 14.8. The number of nitrogens with zero attached hydrogens (tertiary/aromatic N) is 2. The maximum absolute atomic E-state index is 13.7. The summed E-state index contributed by atoms with van der Waals surface area (Å²) in [6.07, 6.45) is 0.868. The summed E-state index contributed by atoms with van der Waals surface area (Å²) >= 11 is 5.69. The van der Waals surface area contributed by atoms with E-state index in [1.165, 1.54) is 18.2 Å². The Morgan fingerprint density at radius 3 is 2.80 bits per heavy atom. The van der Waals surface area contributed by atoms with Crippen molar-refractivity contribution in [3.63, 3.8) is 0 Å². The number of aliphatic hydroxyl groups excluding tert-OH is 1. The Hall–Kier alpha value is -1.21. The van der Waals surface area contributed by atoms with Crippen LogP contribution in [-0.4, -0.2) is 74.4 Å². The van der Waals surface area contributed by atoms with Crippen molar-refractivity contribution >= 4 is 17.5 Å². The summed E-state index contributed by atoms with van der Waals surface area (Å²) in [7, 11) is 3.68. The largest absolute Gasteiger partial charge is 0.396 e. The number of methoxy groups -OCH3 is 1. The summed E-state index contributed by atoms with van der Waals surface area (Å²) in [5.41, 5.74) is 0.284. The molecule has 0 spiro atoms. The van der Waals surface area contributed by atoms with Gasteiger partial charge in [0.05, 0.1) is 11.6 Å². The van der Waals surface area contributed by atoms with Crippen molar-refractivity contribution in [2.75, 3.05) is 53.6 Å². The van der Waals surface area contributed by atoms with Crippen LogP contribution in [0.15, 0.2) is 18.2 Å². The van der Waals surface area contributed by atoms with Crippen LogP contribution in [0.25, 0.3) is 0 Å². The Labute approximate surface area is 153 Å². The molecule has 1 aliphatic rings. The molecule has 0 unspecified atom stereocenters. The number of likely N-dealkylation sites (tertiary alicyclic amines) is 1. The second kappa shape index (κ2) is 9.48. The van der Waals surface area contributed by atoms with Crippen LogP contribution in [0.5, 0.6) is 0 Å². The Bertz CT molecular complexity index is 587. The van der Waals surface area contributed by atoms with E-state index in [1.807, 2.05) is 7.05 Å². The van der Waals surface area contributed by atoms with Gasteiger partial charge in [-0.3, -0.25) is 4.79 Å². The molecule has 2 rings (SSSR count). The lowest BCUT2D eigenvalue weighted by molar-refractivity contribution is 0.0450. The van der Waals surface area contributed by atoms with E-state index in [1.54, 1.807) is 12.0 Å². The predicted molar refractivity (Wildman–Crippen MR) is 95.4 cm³/mol. The lowest BCUT2D eigenvalue weighted by Gasteiger charge is -2.38. The van der Waals surface area contributed by atoms with E-state index < -0.39 is 5.82 Å². The summed E-state index contributed by atoms with van der Waals surface area (Å²) in [5, 5.41) is 9.59. The molecule has 140 valence electrons. The molecule has 7 heteroatoms. The number of rotatable bonds is 7. The highest BCUT2D eigenvalue weighted by Crippen LogP contribution is 2.25. The smallest absolute Gasteiger partial charge is 0.253 e. The topological polar surface area (TPSA) is 53.0 Å². The van der Waals surface area contributed by atoms with Gasteiger partial charge < -0.3 is 19.6 Å². The van der Waals surface area contributed by atoms with Gasteiger partial charge in [0.2, 0.25) is 0 Å². The zero-order chi connectivity index (χ0) is 18.4. The normalized spacial score (nSPS) is 21.0. The van der Waals surface area contributed by atoms with Crippen LogP contribution in [-0.2, 0) is 4.74 Å². The first-order valence-electron chi connectivity index (χ1n) is 8.47. The van der Waals surface area contributed by atoms with Gasteiger partial charge in [-0.15, -0.1) is 0 Å². The van der Waals surface area contributed by atoms with Gasteiger partial charge >= 0.3 is 0 Å². The van der Waals surface area contributed by atoms with E-state index in [0.29, 0.717) is 19.7 Å². The minimum atomic E-state index is -0.598. The highest BCUT2D eigenvalue weighted by molar-refractivity contribution is 6.30. The van der Waals surface area contributed by atoms with Crippen molar-refractivity contribution in [2.24, 2.45) is 11.8 Å². The van der Waals surface area contributed by atoms with E-state index in [9.17, 15) is 14.3 Å². The van der Waals surface area contributed by atoms with Gasteiger partial charge in [0.25, 0.3) is 5.91 Å². The third-order valence-corrected chi connectivity index (χ3v) is 4.89. The summed E-state index contributed by atoms with van der Waals surface area (Å²) in [6, 6.07) is 4.11. The Morgan fingerprint density at radius 2 is 2.16 bits per heavy atom. The molecule has 1 saturated heterocycles. The third-order valence-electron chi connectivity index (χ3n) is 4.58. The van der Waals surface area contributed by atoms with Crippen molar-refractivity contribution in [2.45, 2.75) is 6.42 Å². The van der Waals surface area contributed by atoms with Crippen molar-refractivity contribution in [3.05, 3.63) is 34.6 Å². The van der Waals surface area contributed by atoms with Gasteiger partial charge in [-0.1, -0.05) is 11.6 Å². The number of benzene rings is 1. The Kier molecular flexibility index (Phi) is 7.62. The van der Waals surface area contributed by atoms with Crippen LogP contribution in [0, 0.1) is 17.7 Å². The molecule has 0 bridgehead atoms. The highest BCUT2D eigenvalue weighted by Gasteiger charge is 2.31. The number of hydrogen-bond acceptors (Lipinski definition) is 4. The van der Waals surface area contributed by atoms with Gasteiger partial charge in [0, 0.05) is 45.5 Å². The molecule has 25 heavy (non-hydrogen) atoms. The average molecular weight is 373 g/mol. The first-order valence-corrected chi connectivity index (χ1v) is 8.85. The second-order valence-corrected chi connectivity index (χ2v) is 7.15. The summed E-state index contributed by atoms with van der Waals surface area (Å²) < 4.78 is 18.7. The van der Waals surface area contributed by atoms with E-state index >= 15 is 0 Å². The van der Waals surface area contributed by atoms with E-state index in [-0.39, 0.29) is 34.9 Å². The molecule has 0 radical (unpaired) electrons. The average Bonchev–Trinajstić information content (AvgIpc) is 2.61. The molecular formula is C18H26ClFN2O3. The van der Waals surface area contributed by atoms with Crippen LogP contribution in [0.4, 0.5) is 4.39 Å². The molecule has 2 atom stereocenters. The first kappa shape index (κ1) is 20.1. The minimum Gasteiger partial charge on any atom is -0.396 e. The maximum Gasteiger partial charge on any atom is 0.253 e. The fourth-order valence-corrected chi connectivity index (χ4v) is 3.46. The third kappa shape index (κ3) is 5.64. The van der Waals surface area contributed by atoms with Crippen LogP contribution in [0.3, 0.4) is 0 Å². The highest BCUT2D eigenvalue weighted by atomic mass is 35.5. The molecule has 0 aliphatic carbocycles. The van der Waals surface area contributed by atoms with Crippen molar-refractivity contribution in [3.8, 4) is 0 Å². The number of aliphatic hydroxyl groups is 1. The fraction of sp³-hybridized carbons (Fsp3) is 0.611. The summed E-state index contributed by atoms with van der Waals surface area (Å²) in [4.78, 5) is 16.6. The van der Waals surface area contributed by atoms with Crippen LogP contribution >= 0.6 is 11.6 Å². The molecular weight excluding hydrogens is 347 g/mol. The van der Waals surface area contributed by atoms with Gasteiger partial charge in [0.1, 0.15) is 5.82 Å². The van der Waals surface area contributed by atoms with Gasteiger partial charge in [0.15, 0.2) is 0 Å². The number of ether oxygens (including phenoxy) is 1. The molecule has 0 saturated carbocycles. The zero-order valence-corrected chi connectivity index (χ0v) is 15.5. The number of likely N-dealkylation sites (N-methyl/N-ethyl adjacent to an activating group) is 1. The summed E-state index contributed by atoms with van der Waals surface area (Å²) in [5.74, 6) is -0.526. The molecule has 1 amide bonds. The van der Waals surface area contributed by atoms with Crippen LogP contribution in [0.2, 0.25) is 5.02 Å². The molecule has 0 aromatic heterocycles. The quantitative estimate of drug-likeness (QED) is 0.796. The number of hydrogen-bond donors (Lipinski definition) is 1. The minimum absolute atomic E-state index is 0.000994. The molecule has 5 nitrogen and oxygen atoms in total. The molecule has 1 heterocycles. The van der Waals surface area contributed by atoms with E-state index in [0.717, 1.165) is 19.5 Å². The van der Waals surface area contributed by atoms with Crippen molar-refractivity contribution in [1.82, 2.24) is 9.80 Å².